The van der Waals surface area contributed by atoms with Crippen LogP contribution in [0.5, 0.6) is 0 Å². The van der Waals surface area contributed by atoms with E-state index >= 15 is 0 Å². The zero-order valence-corrected chi connectivity index (χ0v) is 18.5. The van der Waals surface area contributed by atoms with Gasteiger partial charge >= 0.3 is 0 Å². The summed E-state index contributed by atoms with van der Waals surface area (Å²) >= 11 is 19.7. The first-order valence-corrected chi connectivity index (χ1v) is 10.8. The highest BCUT2D eigenvalue weighted by Crippen LogP contribution is 2.24. The fourth-order valence-electron chi connectivity index (χ4n) is 2.49. The van der Waals surface area contributed by atoms with Crippen molar-refractivity contribution in [2.24, 2.45) is 5.10 Å². The fourth-order valence-corrected chi connectivity index (χ4v) is 4.02. The molecule has 3 aromatic rings. The molecule has 0 saturated heterocycles. The van der Waals surface area contributed by atoms with Crippen molar-refractivity contribution in [3.8, 4) is 0 Å². The van der Waals surface area contributed by atoms with Crippen LogP contribution in [-0.2, 0) is 5.75 Å². The summed E-state index contributed by atoms with van der Waals surface area (Å²) in [7, 11) is 0. The smallest absolute Gasteiger partial charge is 0.267 e. The second kappa shape index (κ2) is 10.2. The summed E-state index contributed by atoms with van der Waals surface area (Å²) in [5.74, 6) is 0.516. The van der Waals surface area contributed by atoms with Crippen LogP contribution in [0, 0.1) is 0 Å². The molecule has 3 rings (SSSR count). The number of nitrogens with one attached hydrogen (secondary N) is 1. The minimum absolute atomic E-state index is 0.286. The number of hydrogen-bond acceptors (Lipinski definition) is 3. The van der Waals surface area contributed by atoms with Crippen molar-refractivity contribution in [2.45, 2.75) is 17.6 Å². The molecular weight excluding hydrogens is 447 g/mol. The molecule has 0 aliphatic heterocycles. The Morgan fingerprint density at radius 3 is 2.24 bits per heavy atom. The van der Waals surface area contributed by atoms with Gasteiger partial charge in [-0.25, -0.2) is 5.43 Å². The van der Waals surface area contributed by atoms with Crippen LogP contribution in [0.1, 0.15) is 28.4 Å². The predicted molar refractivity (Wildman–Crippen MR) is 124 cm³/mol. The van der Waals surface area contributed by atoms with E-state index in [9.17, 15) is 4.79 Å². The molecule has 0 saturated carbocycles. The minimum Gasteiger partial charge on any atom is -0.267 e. The SMILES string of the molecule is C/C(=N\NC(=O)c1ccc(CSc2ccc(Cl)cc2)cc1)c1ccc(Cl)cc1Cl. The Bertz CT molecular complexity index is 1030. The Kier molecular flexibility index (Phi) is 7.62. The lowest BCUT2D eigenvalue weighted by atomic mass is 10.1. The van der Waals surface area contributed by atoms with Gasteiger partial charge in [0, 0.05) is 31.8 Å². The average molecular weight is 464 g/mol. The number of benzene rings is 3. The van der Waals surface area contributed by atoms with Gasteiger partial charge in [0.15, 0.2) is 0 Å². The molecule has 0 heterocycles. The molecule has 3 aromatic carbocycles. The first-order valence-electron chi connectivity index (χ1n) is 8.70. The van der Waals surface area contributed by atoms with E-state index in [0.29, 0.717) is 26.9 Å². The van der Waals surface area contributed by atoms with E-state index in [4.69, 9.17) is 34.8 Å². The monoisotopic (exact) mass is 462 g/mol. The van der Waals surface area contributed by atoms with Crippen molar-refractivity contribution >= 4 is 58.2 Å². The number of carbonyl (C=O) groups excluding carboxylic acids is 1. The molecule has 0 bridgehead atoms. The first-order chi connectivity index (χ1) is 13.9. The second-order valence-electron chi connectivity index (χ2n) is 6.20. The standard InChI is InChI=1S/C22H17Cl3N2OS/c1-14(20-11-8-18(24)12-21(20)25)26-27-22(28)16-4-2-15(3-5-16)13-29-19-9-6-17(23)7-10-19/h2-12H,13H2,1H3,(H,27,28)/b26-14+. The van der Waals surface area contributed by atoms with Gasteiger partial charge in [0.05, 0.1) is 10.7 Å². The maximum atomic E-state index is 12.4. The number of thioether (sulfide) groups is 1. The van der Waals surface area contributed by atoms with Crippen LogP contribution < -0.4 is 5.43 Å². The summed E-state index contributed by atoms with van der Waals surface area (Å²) < 4.78 is 0. The minimum atomic E-state index is -0.286. The number of hydrazone groups is 1. The molecule has 29 heavy (non-hydrogen) atoms. The maximum Gasteiger partial charge on any atom is 0.271 e. The molecular formula is C22H17Cl3N2OS. The van der Waals surface area contributed by atoms with Crippen molar-refractivity contribution < 1.29 is 4.79 Å². The van der Waals surface area contributed by atoms with Crippen LogP contribution in [0.4, 0.5) is 0 Å². The van der Waals surface area contributed by atoms with Gasteiger partial charge in [-0.1, -0.05) is 53.0 Å². The van der Waals surface area contributed by atoms with E-state index in [1.807, 2.05) is 36.4 Å². The number of hydrogen-bond donors (Lipinski definition) is 1. The van der Waals surface area contributed by atoms with E-state index in [2.05, 4.69) is 10.5 Å². The van der Waals surface area contributed by atoms with Crippen LogP contribution >= 0.6 is 46.6 Å². The van der Waals surface area contributed by atoms with Crippen molar-refractivity contribution in [1.29, 1.82) is 0 Å². The molecule has 1 amide bonds. The van der Waals surface area contributed by atoms with Crippen LogP contribution in [0.15, 0.2) is 76.7 Å². The first kappa shape index (κ1) is 21.7. The van der Waals surface area contributed by atoms with Crippen LogP contribution in [-0.4, -0.2) is 11.6 Å². The number of halogens is 3. The number of rotatable bonds is 6. The highest BCUT2D eigenvalue weighted by Gasteiger charge is 2.08. The highest BCUT2D eigenvalue weighted by molar-refractivity contribution is 7.98. The van der Waals surface area contributed by atoms with Gasteiger partial charge in [-0.2, -0.15) is 5.10 Å². The maximum absolute atomic E-state index is 12.4. The van der Waals surface area contributed by atoms with Gasteiger partial charge in [-0.3, -0.25) is 4.79 Å². The molecule has 0 aliphatic rings. The van der Waals surface area contributed by atoms with Crippen LogP contribution in [0.25, 0.3) is 0 Å². The van der Waals surface area contributed by atoms with Gasteiger partial charge in [-0.05, 0) is 61.0 Å². The lowest BCUT2D eigenvalue weighted by molar-refractivity contribution is 0.0955. The Morgan fingerprint density at radius 1 is 0.931 bits per heavy atom. The lowest BCUT2D eigenvalue weighted by Gasteiger charge is -2.06. The van der Waals surface area contributed by atoms with Crippen molar-refractivity contribution in [2.75, 3.05) is 0 Å². The van der Waals surface area contributed by atoms with E-state index in [1.165, 1.54) is 0 Å². The van der Waals surface area contributed by atoms with E-state index in [0.717, 1.165) is 21.2 Å². The Morgan fingerprint density at radius 2 is 1.59 bits per heavy atom. The number of amides is 1. The molecule has 0 atom stereocenters. The Balaban J connectivity index is 1.59. The Labute approximate surface area is 189 Å². The molecule has 0 radical (unpaired) electrons. The number of nitrogens with zero attached hydrogens (tertiary/aromatic N) is 1. The third-order valence-corrected chi connectivity index (χ3v) is 5.96. The van der Waals surface area contributed by atoms with Crippen molar-refractivity contribution in [3.63, 3.8) is 0 Å². The average Bonchev–Trinajstić information content (AvgIpc) is 2.72. The summed E-state index contributed by atoms with van der Waals surface area (Å²) in [5.41, 5.74) is 5.52. The molecule has 0 fully saturated rings. The fraction of sp³-hybridized carbons (Fsp3) is 0.0909. The molecule has 7 heteroatoms. The summed E-state index contributed by atoms with van der Waals surface area (Å²) in [6.45, 7) is 1.77. The van der Waals surface area contributed by atoms with E-state index in [-0.39, 0.29) is 5.91 Å². The Hall–Kier alpha value is -1.98. The largest absolute Gasteiger partial charge is 0.271 e. The third-order valence-electron chi connectivity index (χ3n) is 4.08. The third kappa shape index (κ3) is 6.25. The molecule has 0 aliphatic carbocycles. The van der Waals surface area contributed by atoms with Crippen LogP contribution in [0.3, 0.4) is 0 Å². The molecule has 148 valence electrons. The molecule has 3 nitrogen and oxygen atoms in total. The van der Waals surface area contributed by atoms with Crippen LogP contribution in [0.2, 0.25) is 15.1 Å². The lowest BCUT2D eigenvalue weighted by Crippen LogP contribution is -2.19. The molecule has 1 N–H and O–H groups in total. The van der Waals surface area contributed by atoms with Gasteiger partial charge in [-0.15, -0.1) is 11.8 Å². The number of carbonyl (C=O) groups is 1. The quantitative estimate of drug-likeness (QED) is 0.241. The zero-order chi connectivity index (χ0) is 20.8. The van der Waals surface area contributed by atoms with Gasteiger partial charge in [0.1, 0.15) is 0 Å². The van der Waals surface area contributed by atoms with Gasteiger partial charge in [0.25, 0.3) is 5.91 Å². The van der Waals surface area contributed by atoms with Gasteiger partial charge in [0.2, 0.25) is 0 Å². The summed E-state index contributed by atoms with van der Waals surface area (Å²) in [5, 5.41) is 5.89. The second-order valence-corrected chi connectivity index (χ2v) is 8.53. The molecule has 0 aromatic heterocycles. The summed E-state index contributed by atoms with van der Waals surface area (Å²) in [4.78, 5) is 13.5. The zero-order valence-electron chi connectivity index (χ0n) is 15.5. The topological polar surface area (TPSA) is 41.5 Å². The van der Waals surface area contributed by atoms with E-state index < -0.39 is 0 Å². The van der Waals surface area contributed by atoms with Crippen molar-refractivity contribution in [3.05, 3.63) is 98.5 Å². The summed E-state index contributed by atoms with van der Waals surface area (Å²) in [6.07, 6.45) is 0. The predicted octanol–water partition coefficient (Wildman–Crippen LogP) is 7.09. The summed E-state index contributed by atoms with van der Waals surface area (Å²) in [6, 6.07) is 20.3. The van der Waals surface area contributed by atoms with Gasteiger partial charge < -0.3 is 0 Å². The molecule has 0 spiro atoms. The van der Waals surface area contributed by atoms with E-state index in [1.54, 1.807) is 49.0 Å². The molecule has 0 unspecified atom stereocenters. The normalized spacial score (nSPS) is 11.4. The van der Waals surface area contributed by atoms with Crippen molar-refractivity contribution in [1.82, 2.24) is 5.43 Å². The highest BCUT2D eigenvalue weighted by atomic mass is 35.5.